The molecule has 3 amide bonds. The molecule has 0 bridgehead atoms. The Balaban J connectivity index is 2.64. The minimum Gasteiger partial charge on any atom is -0.508 e. The maximum Gasteiger partial charge on any atom is 0.408 e. The summed E-state index contributed by atoms with van der Waals surface area (Å²) in [5.41, 5.74) is 0.364. The van der Waals surface area contributed by atoms with Gasteiger partial charge in [-0.3, -0.25) is 9.59 Å². The first-order chi connectivity index (χ1) is 19.1. The Labute approximate surface area is 244 Å². The van der Waals surface area contributed by atoms with Crippen LogP contribution in [-0.4, -0.2) is 56.7 Å². The molecule has 3 unspecified atom stereocenters. The second kappa shape index (κ2) is 14.8. The zero-order chi connectivity index (χ0) is 30.9. The van der Waals surface area contributed by atoms with Crippen LogP contribution in [0.25, 0.3) is 0 Å². The van der Waals surface area contributed by atoms with Gasteiger partial charge in [-0.25, -0.2) is 4.79 Å². The van der Waals surface area contributed by atoms with E-state index < -0.39 is 41.6 Å². The Morgan fingerprint density at radius 1 is 0.878 bits per heavy atom. The molecule has 0 aliphatic carbocycles. The van der Waals surface area contributed by atoms with Crippen LogP contribution in [0.1, 0.15) is 85.4 Å². The Morgan fingerprint density at radius 3 is 2.05 bits per heavy atom. The van der Waals surface area contributed by atoms with E-state index in [1.54, 1.807) is 45.0 Å². The second-order valence-corrected chi connectivity index (χ2v) is 12.3. The molecule has 41 heavy (non-hydrogen) atoms. The molecule has 226 valence electrons. The number of aromatic hydroxyl groups is 2. The molecule has 0 heterocycles. The number of rotatable bonds is 12. The first-order valence-corrected chi connectivity index (χ1v) is 14.3. The van der Waals surface area contributed by atoms with E-state index in [1.165, 1.54) is 29.2 Å². The van der Waals surface area contributed by atoms with Crippen LogP contribution >= 0.6 is 0 Å². The SMILES string of the molecule is CC(C)CCC(C)N(C(=O)C(Cc1ccc(O)cc1)NC(=O)OC(C)(C)C)C(C(=O)NC(C)C)c1cccc(O)c1. The molecule has 2 rings (SSSR count). The summed E-state index contributed by atoms with van der Waals surface area (Å²) < 4.78 is 5.48. The number of nitrogens with one attached hydrogen (secondary N) is 2. The fourth-order valence-electron chi connectivity index (χ4n) is 4.51. The lowest BCUT2D eigenvalue weighted by Crippen LogP contribution is -2.56. The largest absolute Gasteiger partial charge is 0.508 e. The lowest BCUT2D eigenvalue weighted by molar-refractivity contribution is -0.145. The average Bonchev–Trinajstić information content (AvgIpc) is 2.84. The number of hydrogen-bond acceptors (Lipinski definition) is 6. The summed E-state index contributed by atoms with van der Waals surface area (Å²) in [5, 5.41) is 25.7. The molecule has 0 aliphatic heterocycles. The molecule has 2 aromatic rings. The van der Waals surface area contributed by atoms with Crippen LogP contribution in [0.15, 0.2) is 48.5 Å². The van der Waals surface area contributed by atoms with Crippen molar-refractivity contribution in [3.05, 3.63) is 59.7 Å². The fourth-order valence-corrected chi connectivity index (χ4v) is 4.51. The van der Waals surface area contributed by atoms with Crippen molar-refractivity contribution in [3.8, 4) is 11.5 Å². The quantitative estimate of drug-likeness (QED) is 0.269. The maximum absolute atomic E-state index is 14.6. The summed E-state index contributed by atoms with van der Waals surface area (Å²) in [5.74, 6) is -0.441. The Morgan fingerprint density at radius 2 is 1.51 bits per heavy atom. The average molecular weight is 570 g/mol. The molecule has 0 fully saturated rings. The standard InChI is InChI=1S/C32H47N3O6/c1-20(2)12-13-22(5)35(28(29(38)33-21(3)4)24-10-9-11-26(37)19-24)30(39)27(34-31(40)41-32(6,7)8)18-23-14-16-25(36)17-15-23/h9-11,14-17,19-22,27-28,36-37H,12-13,18H2,1-8H3,(H,33,38)(H,34,40). The third-order valence-corrected chi connectivity index (χ3v) is 6.40. The zero-order valence-corrected chi connectivity index (χ0v) is 25.6. The number of ether oxygens (including phenoxy) is 1. The third kappa shape index (κ3) is 11.0. The number of carbonyl (C=O) groups excluding carboxylic acids is 3. The van der Waals surface area contributed by atoms with Gasteiger partial charge in [-0.1, -0.05) is 38.1 Å². The van der Waals surface area contributed by atoms with Gasteiger partial charge in [0.2, 0.25) is 11.8 Å². The molecule has 9 nitrogen and oxygen atoms in total. The van der Waals surface area contributed by atoms with E-state index >= 15 is 0 Å². The Bertz CT molecular complexity index is 1160. The van der Waals surface area contributed by atoms with Crippen molar-refractivity contribution in [3.63, 3.8) is 0 Å². The first-order valence-electron chi connectivity index (χ1n) is 14.3. The van der Waals surface area contributed by atoms with E-state index in [-0.39, 0.29) is 24.0 Å². The van der Waals surface area contributed by atoms with Crippen molar-refractivity contribution < 1.29 is 29.3 Å². The molecule has 2 aromatic carbocycles. The molecular formula is C32H47N3O6. The normalized spacial score (nSPS) is 13.8. The minimum absolute atomic E-state index is 0.0281. The number of alkyl carbamates (subject to hydrolysis) is 1. The van der Waals surface area contributed by atoms with Crippen LogP contribution in [0.3, 0.4) is 0 Å². The molecule has 4 N–H and O–H groups in total. The molecule has 0 radical (unpaired) electrons. The van der Waals surface area contributed by atoms with Gasteiger partial charge in [0.25, 0.3) is 0 Å². The Kier molecular flexibility index (Phi) is 12.0. The molecule has 0 aliphatic rings. The predicted molar refractivity (Wildman–Crippen MR) is 159 cm³/mol. The van der Waals surface area contributed by atoms with Crippen molar-refractivity contribution in [2.75, 3.05) is 0 Å². The highest BCUT2D eigenvalue weighted by Gasteiger charge is 2.39. The number of phenolic OH excluding ortho intramolecular Hbond substituents is 2. The highest BCUT2D eigenvalue weighted by Crippen LogP contribution is 2.30. The number of hydrogen-bond donors (Lipinski definition) is 4. The molecule has 0 saturated carbocycles. The number of nitrogens with zero attached hydrogens (tertiary/aromatic N) is 1. The van der Waals surface area contributed by atoms with Gasteiger partial charge in [0.15, 0.2) is 0 Å². The summed E-state index contributed by atoms with van der Waals surface area (Å²) in [4.78, 5) is 42.8. The molecule has 0 spiro atoms. The van der Waals surface area contributed by atoms with E-state index in [0.717, 1.165) is 6.42 Å². The van der Waals surface area contributed by atoms with Crippen LogP contribution in [0, 0.1) is 5.92 Å². The smallest absolute Gasteiger partial charge is 0.408 e. The zero-order valence-electron chi connectivity index (χ0n) is 25.6. The first kappa shape index (κ1) is 33.5. The van der Waals surface area contributed by atoms with Crippen LogP contribution in [0.2, 0.25) is 0 Å². The summed E-state index contributed by atoms with van der Waals surface area (Å²) in [7, 11) is 0. The minimum atomic E-state index is -1.08. The number of phenols is 2. The van der Waals surface area contributed by atoms with Crippen molar-refractivity contribution >= 4 is 17.9 Å². The summed E-state index contributed by atoms with van der Waals surface area (Å²) >= 11 is 0. The summed E-state index contributed by atoms with van der Waals surface area (Å²) in [6.45, 7) is 15.0. The highest BCUT2D eigenvalue weighted by molar-refractivity contribution is 5.92. The van der Waals surface area contributed by atoms with E-state index in [4.69, 9.17) is 4.74 Å². The molecule has 0 saturated heterocycles. The number of carbonyl (C=O) groups is 3. The lowest BCUT2D eigenvalue weighted by Gasteiger charge is -2.39. The van der Waals surface area contributed by atoms with E-state index in [9.17, 15) is 24.6 Å². The topological polar surface area (TPSA) is 128 Å². The van der Waals surface area contributed by atoms with Crippen LogP contribution in [0.5, 0.6) is 11.5 Å². The van der Waals surface area contributed by atoms with Crippen LogP contribution < -0.4 is 10.6 Å². The maximum atomic E-state index is 14.6. The molecular weight excluding hydrogens is 522 g/mol. The Hall–Kier alpha value is -3.75. The lowest BCUT2D eigenvalue weighted by atomic mass is 9.95. The highest BCUT2D eigenvalue weighted by atomic mass is 16.6. The van der Waals surface area contributed by atoms with E-state index in [2.05, 4.69) is 24.5 Å². The van der Waals surface area contributed by atoms with Gasteiger partial charge in [0.1, 0.15) is 29.2 Å². The van der Waals surface area contributed by atoms with Crippen LogP contribution in [0.4, 0.5) is 4.79 Å². The number of benzene rings is 2. The van der Waals surface area contributed by atoms with Gasteiger partial charge in [-0.2, -0.15) is 0 Å². The second-order valence-electron chi connectivity index (χ2n) is 12.3. The van der Waals surface area contributed by atoms with Crippen molar-refractivity contribution in [2.24, 2.45) is 5.92 Å². The van der Waals surface area contributed by atoms with E-state index in [1.807, 2.05) is 20.8 Å². The predicted octanol–water partition coefficient (Wildman–Crippen LogP) is 5.45. The van der Waals surface area contributed by atoms with Gasteiger partial charge in [0.05, 0.1) is 0 Å². The van der Waals surface area contributed by atoms with Gasteiger partial charge < -0.3 is 30.5 Å². The summed E-state index contributed by atoms with van der Waals surface area (Å²) in [6.07, 6.45) is 0.770. The van der Waals surface area contributed by atoms with Gasteiger partial charge >= 0.3 is 6.09 Å². The monoisotopic (exact) mass is 569 g/mol. The third-order valence-electron chi connectivity index (χ3n) is 6.40. The van der Waals surface area contributed by atoms with Crippen molar-refractivity contribution in [1.82, 2.24) is 15.5 Å². The van der Waals surface area contributed by atoms with Crippen molar-refractivity contribution in [2.45, 2.75) is 104 Å². The van der Waals surface area contributed by atoms with Crippen molar-refractivity contribution in [1.29, 1.82) is 0 Å². The molecule has 3 atom stereocenters. The molecule has 9 heteroatoms. The number of amides is 3. The van der Waals surface area contributed by atoms with Gasteiger partial charge in [-0.15, -0.1) is 0 Å². The molecule has 0 aromatic heterocycles. The van der Waals surface area contributed by atoms with Crippen LogP contribution in [-0.2, 0) is 20.7 Å². The summed E-state index contributed by atoms with van der Waals surface area (Å²) in [6, 6.07) is 9.97. The fraction of sp³-hybridized carbons (Fsp3) is 0.531. The van der Waals surface area contributed by atoms with Gasteiger partial charge in [0, 0.05) is 18.5 Å². The van der Waals surface area contributed by atoms with Gasteiger partial charge in [-0.05, 0) is 95.7 Å². The van der Waals surface area contributed by atoms with E-state index in [0.29, 0.717) is 23.5 Å².